The van der Waals surface area contributed by atoms with Crippen molar-refractivity contribution in [3.8, 4) is 5.75 Å². The number of carbonyl (C=O) groups is 1. The number of hydrogen-bond acceptors (Lipinski definition) is 3. The second-order valence-corrected chi connectivity index (χ2v) is 5.79. The van der Waals surface area contributed by atoms with Crippen molar-refractivity contribution >= 4 is 5.91 Å². The van der Waals surface area contributed by atoms with Crippen LogP contribution in [0.5, 0.6) is 5.75 Å². The van der Waals surface area contributed by atoms with Crippen molar-refractivity contribution in [3.05, 3.63) is 65.7 Å². The molecule has 0 aliphatic carbocycles. The monoisotopic (exact) mass is 311 g/mol. The Hall–Kier alpha value is -2.33. The van der Waals surface area contributed by atoms with Gasteiger partial charge in [0.2, 0.25) is 5.91 Å². The molecule has 0 saturated carbocycles. The second kappa shape index (κ2) is 7.29. The van der Waals surface area contributed by atoms with E-state index in [1.807, 2.05) is 54.6 Å². The lowest BCUT2D eigenvalue weighted by Gasteiger charge is -2.26. The standard InChI is InChI=1S/C19H21NO3/c21-13-17(14-6-2-1-3-7-14)20-19(22)12-15-10-11-23-18-9-5-4-8-16(15)18/h1-9,15,17,21H,10-13H2,(H,20,22). The topological polar surface area (TPSA) is 58.6 Å². The molecule has 4 nitrogen and oxygen atoms in total. The summed E-state index contributed by atoms with van der Waals surface area (Å²) in [5.74, 6) is 0.989. The summed E-state index contributed by atoms with van der Waals surface area (Å²) in [5, 5.41) is 12.5. The van der Waals surface area contributed by atoms with Crippen LogP contribution in [0.15, 0.2) is 54.6 Å². The summed E-state index contributed by atoms with van der Waals surface area (Å²) in [5.41, 5.74) is 2.00. The van der Waals surface area contributed by atoms with Crippen molar-refractivity contribution in [1.82, 2.24) is 5.32 Å². The van der Waals surface area contributed by atoms with E-state index in [2.05, 4.69) is 5.32 Å². The molecule has 1 aliphatic rings. The van der Waals surface area contributed by atoms with Crippen LogP contribution in [-0.2, 0) is 4.79 Å². The van der Waals surface area contributed by atoms with Gasteiger partial charge in [0.25, 0.3) is 0 Å². The summed E-state index contributed by atoms with van der Waals surface area (Å²) >= 11 is 0. The third-order valence-electron chi connectivity index (χ3n) is 4.23. The first kappa shape index (κ1) is 15.6. The summed E-state index contributed by atoms with van der Waals surface area (Å²) in [7, 11) is 0. The Kier molecular flexibility index (Phi) is 4.93. The number of para-hydroxylation sites is 1. The maximum Gasteiger partial charge on any atom is 0.221 e. The molecular weight excluding hydrogens is 290 g/mol. The van der Waals surface area contributed by atoms with Crippen LogP contribution in [0.3, 0.4) is 0 Å². The number of hydrogen-bond donors (Lipinski definition) is 2. The molecule has 23 heavy (non-hydrogen) atoms. The SMILES string of the molecule is O=C(CC1CCOc2ccccc21)NC(CO)c1ccccc1. The van der Waals surface area contributed by atoms with E-state index in [-0.39, 0.29) is 24.5 Å². The molecule has 120 valence electrons. The fourth-order valence-corrected chi connectivity index (χ4v) is 3.02. The average molecular weight is 311 g/mol. The molecule has 2 aromatic rings. The molecule has 2 N–H and O–H groups in total. The van der Waals surface area contributed by atoms with Gasteiger partial charge in [-0.25, -0.2) is 0 Å². The van der Waals surface area contributed by atoms with Crippen LogP contribution in [0.1, 0.15) is 35.9 Å². The Balaban J connectivity index is 1.66. The normalized spacial score (nSPS) is 17.7. The number of benzene rings is 2. The van der Waals surface area contributed by atoms with Crippen LogP contribution in [-0.4, -0.2) is 24.2 Å². The summed E-state index contributed by atoms with van der Waals surface area (Å²) in [6.45, 7) is 0.525. The first-order valence-corrected chi connectivity index (χ1v) is 7.95. The zero-order valence-corrected chi connectivity index (χ0v) is 12.9. The Morgan fingerprint density at radius 3 is 2.70 bits per heavy atom. The lowest BCUT2D eigenvalue weighted by molar-refractivity contribution is -0.122. The summed E-state index contributed by atoms with van der Waals surface area (Å²) in [6, 6.07) is 17.1. The van der Waals surface area contributed by atoms with Crippen LogP contribution in [0.2, 0.25) is 0 Å². The van der Waals surface area contributed by atoms with E-state index in [1.165, 1.54) is 0 Å². The van der Waals surface area contributed by atoms with Crippen molar-refractivity contribution in [2.75, 3.05) is 13.2 Å². The highest BCUT2D eigenvalue weighted by molar-refractivity contribution is 5.77. The highest BCUT2D eigenvalue weighted by Crippen LogP contribution is 2.35. The van der Waals surface area contributed by atoms with Crippen LogP contribution >= 0.6 is 0 Å². The molecule has 4 heteroatoms. The lowest BCUT2D eigenvalue weighted by Crippen LogP contribution is -2.32. The van der Waals surface area contributed by atoms with Gasteiger partial charge in [0.15, 0.2) is 0 Å². The molecule has 0 fully saturated rings. The third-order valence-corrected chi connectivity index (χ3v) is 4.23. The number of ether oxygens (including phenoxy) is 1. The zero-order valence-electron chi connectivity index (χ0n) is 12.9. The van der Waals surface area contributed by atoms with Gasteiger partial charge in [-0.15, -0.1) is 0 Å². The van der Waals surface area contributed by atoms with E-state index in [4.69, 9.17) is 4.74 Å². The van der Waals surface area contributed by atoms with E-state index < -0.39 is 0 Å². The minimum Gasteiger partial charge on any atom is -0.493 e. The first-order chi connectivity index (χ1) is 11.3. The molecule has 2 unspecified atom stereocenters. The fraction of sp³-hybridized carbons (Fsp3) is 0.316. The largest absolute Gasteiger partial charge is 0.493 e. The van der Waals surface area contributed by atoms with Crippen molar-refractivity contribution in [1.29, 1.82) is 0 Å². The van der Waals surface area contributed by atoms with E-state index in [1.54, 1.807) is 0 Å². The number of aliphatic hydroxyl groups excluding tert-OH is 1. The van der Waals surface area contributed by atoms with Gasteiger partial charge >= 0.3 is 0 Å². The summed E-state index contributed by atoms with van der Waals surface area (Å²) in [4.78, 5) is 12.4. The van der Waals surface area contributed by atoms with Crippen molar-refractivity contribution in [3.63, 3.8) is 0 Å². The van der Waals surface area contributed by atoms with Gasteiger partial charge in [-0.2, -0.15) is 0 Å². The quantitative estimate of drug-likeness (QED) is 0.892. The van der Waals surface area contributed by atoms with Crippen molar-refractivity contribution < 1.29 is 14.6 Å². The number of fused-ring (bicyclic) bond motifs is 1. The van der Waals surface area contributed by atoms with Gasteiger partial charge in [0.05, 0.1) is 19.3 Å². The number of carbonyl (C=O) groups excluding carboxylic acids is 1. The van der Waals surface area contributed by atoms with Crippen molar-refractivity contribution in [2.24, 2.45) is 0 Å². The highest BCUT2D eigenvalue weighted by atomic mass is 16.5. The third kappa shape index (κ3) is 3.71. The van der Waals surface area contributed by atoms with Crippen LogP contribution in [0, 0.1) is 0 Å². The maximum atomic E-state index is 12.4. The van der Waals surface area contributed by atoms with Gasteiger partial charge in [0.1, 0.15) is 5.75 Å². The number of nitrogens with one attached hydrogen (secondary N) is 1. The molecule has 1 amide bonds. The molecule has 0 spiro atoms. The zero-order chi connectivity index (χ0) is 16.1. The van der Waals surface area contributed by atoms with Gasteiger partial charge in [-0.3, -0.25) is 4.79 Å². The molecular formula is C19H21NO3. The van der Waals surface area contributed by atoms with E-state index in [9.17, 15) is 9.90 Å². The number of aliphatic hydroxyl groups is 1. The molecule has 0 radical (unpaired) electrons. The maximum absolute atomic E-state index is 12.4. The lowest BCUT2D eigenvalue weighted by atomic mass is 9.90. The second-order valence-electron chi connectivity index (χ2n) is 5.79. The van der Waals surface area contributed by atoms with Gasteiger partial charge in [-0.1, -0.05) is 48.5 Å². The predicted molar refractivity (Wildman–Crippen MR) is 88.3 cm³/mol. The molecule has 0 bridgehead atoms. The Morgan fingerprint density at radius 1 is 1.17 bits per heavy atom. The Morgan fingerprint density at radius 2 is 1.91 bits per heavy atom. The summed E-state index contributed by atoms with van der Waals surface area (Å²) < 4.78 is 5.64. The van der Waals surface area contributed by atoms with Crippen LogP contribution in [0.25, 0.3) is 0 Å². The van der Waals surface area contributed by atoms with Crippen LogP contribution in [0.4, 0.5) is 0 Å². The van der Waals surface area contributed by atoms with Crippen LogP contribution < -0.4 is 10.1 Å². The van der Waals surface area contributed by atoms with E-state index in [0.717, 1.165) is 23.3 Å². The minimum absolute atomic E-state index is 0.0467. The Labute approximate surface area is 136 Å². The van der Waals surface area contributed by atoms with Gasteiger partial charge < -0.3 is 15.2 Å². The van der Waals surface area contributed by atoms with Gasteiger partial charge in [0, 0.05) is 6.42 Å². The van der Waals surface area contributed by atoms with E-state index in [0.29, 0.717) is 13.0 Å². The summed E-state index contributed by atoms with van der Waals surface area (Å²) in [6.07, 6.45) is 1.24. The van der Waals surface area contributed by atoms with Gasteiger partial charge in [-0.05, 0) is 29.5 Å². The molecule has 0 aromatic heterocycles. The molecule has 1 aliphatic heterocycles. The fourth-order valence-electron chi connectivity index (χ4n) is 3.02. The molecule has 2 atom stereocenters. The highest BCUT2D eigenvalue weighted by Gasteiger charge is 2.24. The minimum atomic E-state index is -0.362. The molecule has 3 rings (SSSR count). The predicted octanol–water partition coefficient (Wildman–Crippen LogP) is 2.79. The van der Waals surface area contributed by atoms with Crippen molar-refractivity contribution in [2.45, 2.75) is 24.8 Å². The van der Waals surface area contributed by atoms with E-state index >= 15 is 0 Å². The number of rotatable bonds is 5. The Bertz CT molecular complexity index is 657. The average Bonchev–Trinajstić information content (AvgIpc) is 2.61. The smallest absolute Gasteiger partial charge is 0.221 e. The molecule has 1 heterocycles. The first-order valence-electron chi connectivity index (χ1n) is 7.95. The number of amides is 1. The molecule has 0 saturated heterocycles. The molecule has 2 aromatic carbocycles.